The summed E-state index contributed by atoms with van der Waals surface area (Å²) in [5, 5.41) is 0. The van der Waals surface area contributed by atoms with Crippen molar-refractivity contribution in [1.82, 2.24) is 0 Å². The van der Waals surface area contributed by atoms with Gasteiger partial charge in [0.15, 0.2) is 6.10 Å². The third-order valence-electron chi connectivity index (χ3n) is 12.6. The van der Waals surface area contributed by atoms with Gasteiger partial charge in [0.25, 0.3) is 0 Å². The van der Waals surface area contributed by atoms with Gasteiger partial charge in [0.05, 0.1) is 0 Å². The van der Waals surface area contributed by atoms with Gasteiger partial charge in [-0.2, -0.15) is 0 Å². The predicted molar refractivity (Wildman–Crippen MR) is 279 cm³/mol. The second kappa shape index (κ2) is 54.2. The zero-order valence-electron chi connectivity index (χ0n) is 43.5. The van der Waals surface area contributed by atoms with E-state index in [1.165, 1.54) is 180 Å². The van der Waals surface area contributed by atoms with Gasteiger partial charge in [-0.1, -0.05) is 250 Å². The summed E-state index contributed by atoms with van der Waals surface area (Å²) in [7, 11) is 0. The van der Waals surface area contributed by atoms with E-state index in [1.807, 2.05) is 0 Å². The van der Waals surface area contributed by atoms with Crippen LogP contribution in [0.2, 0.25) is 0 Å². The summed E-state index contributed by atoms with van der Waals surface area (Å²) in [6.45, 7) is 6.62. The molecule has 0 aliphatic carbocycles. The molecule has 0 aromatic rings. The van der Waals surface area contributed by atoms with Crippen LogP contribution in [0.15, 0.2) is 36.5 Å². The first kappa shape index (κ1) is 62.6. The molecular weight excluding hydrogens is 805 g/mol. The van der Waals surface area contributed by atoms with Crippen LogP contribution in [0.25, 0.3) is 0 Å². The maximum atomic E-state index is 12.8. The molecular formula is C59H108O6. The lowest BCUT2D eigenvalue weighted by Gasteiger charge is -2.18. The van der Waals surface area contributed by atoms with E-state index in [1.54, 1.807) is 0 Å². The van der Waals surface area contributed by atoms with Crippen LogP contribution in [-0.4, -0.2) is 37.2 Å². The van der Waals surface area contributed by atoms with Crippen LogP contribution in [0.4, 0.5) is 0 Å². The molecule has 0 bridgehead atoms. The van der Waals surface area contributed by atoms with Crippen LogP contribution in [0.1, 0.15) is 303 Å². The van der Waals surface area contributed by atoms with Gasteiger partial charge in [-0.3, -0.25) is 14.4 Å². The minimum Gasteiger partial charge on any atom is -0.462 e. The lowest BCUT2D eigenvalue weighted by molar-refractivity contribution is -0.167. The van der Waals surface area contributed by atoms with Gasteiger partial charge in [-0.05, 0) is 70.6 Å². The smallest absolute Gasteiger partial charge is 0.306 e. The summed E-state index contributed by atoms with van der Waals surface area (Å²) < 4.78 is 16.9. The summed E-state index contributed by atoms with van der Waals surface area (Å²) in [6.07, 6.45) is 64.1. The van der Waals surface area contributed by atoms with Crippen LogP contribution in [-0.2, 0) is 28.6 Å². The fraction of sp³-hybridized carbons (Fsp3) is 0.847. The molecule has 0 aromatic heterocycles. The third kappa shape index (κ3) is 52.5. The van der Waals surface area contributed by atoms with Gasteiger partial charge in [-0.15, -0.1) is 0 Å². The molecule has 380 valence electrons. The monoisotopic (exact) mass is 913 g/mol. The first-order valence-electron chi connectivity index (χ1n) is 28.5. The molecule has 1 atom stereocenters. The van der Waals surface area contributed by atoms with Gasteiger partial charge < -0.3 is 14.2 Å². The molecule has 0 amide bonds. The molecule has 0 spiro atoms. The molecule has 0 radical (unpaired) electrons. The normalized spacial score (nSPS) is 12.2. The van der Waals surface area contributed by atoms with E-state index in [0.29, 0.717) is 19.3 Å². The number of unbranched alkanes of at least 4 members (excludes halogenated alkanes) is 35. The maximum absolute atomic E-state index is 12.8. The van der Waals surface area contributed by atoms with E-state index in [9.17, 15) is 14.4 Å². The van der Waals surface area contributed by atoms with Gasteiger partial charge >= 0.3 is 17.9 Å². The molecule has 0 saturated heterocycles. The molecule has 0 aliphatic heterocycles. The Morgan fingerprint density at radius 3 is 0.908 bits per heavy atom. The van der Waals surface area contributed by atoms with Crippen molar-refractivity contribution < 1.29 is 28.6 Å². The quantitative estimate of drug-likeness (QED) is 0.0262. The van der Waals surface area contributed by atoms with Gasteiger partial charge in [-0.25, -0.2) is 0 Å². The van der Waals surface area contributed by atoms with E-state index in [2.05, 4.69) is 57.2 Å². The highest BCUT2D eigenvalue weighted by molar-refractivity contribution is 5.71. The number of carbonyl (C=O) groups excluding carboxylic acids is 3. The summed E-state index contributed by atoms with van der Waals surface area (Å²) in [6, 6.07) is 0. The summed E-state index contributed by atoms with van der Waals surface area (Å²) in [5.74, 6) is -0.875. The van der Waals surface area contributed by atoms with Crippen LogP contribution < -0.4 is 0 Å². The Morgan fingerprint density at radius 1 is 0.308 bits per heavy atom. The van der Waals surface area contributed by atoms with Crippen LogP contribution in [0.5, 0.6) is 0 Å². The highest BCUT2D eigenvalue weighted by atomic mass is 16.6. The minimum atomic E-state index is -0.777. The largest absolute Gasteiger partial charge is 0.462 e. The van der Waals surface area contributed by atoms with Crippen LogP contribution in [0, 0.1) is 0 Å². The Kier molecular flexibility index (Phi) is 52.3. The van der Waals surface area contributed by atoms with Crippen molar-refractivity contribution in [3.8, 4) is 0 Å². The number of allylic oxidation sites excluding steroid dienone is 6. The molecule has 0 unspecified atom stereocenters. The molecule has 0 fully saturated rings. The number of ether oxygens (including phenoxy) is 3. The minimum absolute atomic E-state index is 0.0749. The summed E-state index contributed by atoms with van der Waals surface area (Å²) >= 11 is 0. The molecule has 0 rings (SSSR count). The molecule has 0 heterocycles. The van der Waals surface area contributed by atoms with Crippen molar-refractivity contribution in [2.75, 3.05) is 13.2 Å². The van der Waals surface area contributed by atoms with Crippen LogP contribution in [0.3, 0.4) is 0 Å². The number of hydrogen-bond acceptors (Lipinski definition) is 6. The Bertz CT molecular complexity index is 1090. The second-order valence-corrected chi connectivity index (χ2v) is 19.2. The Labute approximate surface area is 404 Å². The zero-order valence-corrected chi connectivity index (χ0v) is 43.5. The number of carbonyl (C=O) groups is 3. The molecule has 6 heteroatoms. The van der Waals surface area contributed by atoms with Crippen molar-refractivity contribution in [2.24, 2.45) is 0 Å². The number of hydrogen-bond donors (Lipinski definition) is 0. The lowest BCUT2D eigenvalue weighted by atomic mass is 10.0. The van der Waals surface area contributed by atoms with E-state index in [0.717, 1.165) is 83.5 Å². The standard InChI is InChI=1S/C59H108O6/c1-4-7-10-13-16-19-22-25-28-29-30-31-32-35-37-40-43-46-49-52-58(61)64-55-56(65-59(62)53-50-47-44-41-38-34-27-24-21-18-15-12-9-6-3)54-63-57(60)51-48-45-42-39-36-33-26-23-20-17-14-11-8-5-2/h15,18,24-25,27-28,56H,4-14,16-17,19-23,26,29-55H2,1-3H3/b18-15+,27-24+,28-25+/t56-/m1/s1. The Balaban J connectivity index is 4.33. The first-order chi connectivity index (χ1) is 32.0. The van der Waals surface area contributed by atoms with Gasteiger partial charge in [0.1, 0.15) is 13.2 Å². The van der Waals surface area contributed by atoms with E-state index in [4.69, 9.17) is 14.2 Å². The molecule has 0 saturated carbocycles. The van der Waals surface area contributed by atoms with Crippen molar-refractivity contribution >= 4 is 17.9 Å². The molecule has 0 N–H and O–H groups in total. The highest BCUT2D eigenvalue weighted by Crippen LogP contribution is 2.16. The summed E-state index contributed by atoms with van der Waals surface area (Å²) in [5.41, 5.74) is 0. The topological polar surface area (TPSA) is 78.9 Å². The van der Waals surface area contributed by atoms with E-state index >= 15 is 0 Å². The number of rotatable bonds is 52. The summed E-state index contributed by atoms with van der Waals surface area (Å²) in [4.78, 5) is 38.1. The lowest BCUT2D eigenvalue weighted by Crippen LogP contribution is -2.30. The van der Waals surface area contributed by atoms with E-state index < -0.39 is 6.10 Å². The average molecular weight is 914 g/mol. The van der Waals surface area contributed by atoms with Gasteiger partial charge in [0.2, 0.25) is 0 Å². The highest BCUT2D eigenvalue weighted by Gasteiger charge is 2.19. The zero-order chi connectivity index (χ0) is 47.2. The predicted octanol–water partition coefficient (Wildman–Crippen LogP) is 18.9. The van der Waals surface area contributed by atoms with Crippen LogP contribution >= 0.6 is 0 Å². The maximum Gasteiger partial charge on any atom is 0.306 e. The second-order valence-electron chi connectivity index (χ2n) is 19.2. The third-order valence-corrected chi connectivity index (χ3v) is 12.6. The fourth-order valence-electron chi connectivity index (χ4n) is 8.28. The van der Waals surface area contributed by atoms with Crippen molar-refractivity contribution in [3.63, 3.8) is 0 Å². The van der Waals surface area contributed by atoms with E-state index in [-0.39, 0.29) is 31.1 Å². The Morgan fingerprint density at radius 2 is 0.569 bits per heavy atom. The first-order valence-corrected chi connectivity index (χ1v) is 28.5. The fourth-order valence-corrected chi connectivity index (χ4v) is 8.28. The SMILES string of the molecule is CCCC/C=C/C/C=C/CCCCCCCC(=O)O[C@@H](COC(=O)CCCCCCCCCCC/C=C/CCCCCCCC)COC(=O)CCCCCCCCCCCCCCCC. The molecule has 65 heavy (non-hydrogen) atoms. The number of esters is 3. The molecule has 0 aliphatic rings. The Hall–Kier alpha value is -2.37. The van der Waals surface area contributed by atoms with Crippen molar-refractivity contribution in [1.29, 1.82) is 0 Å². The van der Waals surface area contributed by atoms with Gasteiger partial charge in [0, 0.05) is 19.3 Å². The molecule has 6 nitrogen and oxygen atoms in total. The molecule has 0 aromatic carbocycles. The van der Waals surface area contributed by atoms with Crippen molar-refractivity contribution in [3.05, 3.63) is 36.5 Å². The average Bonchev–Trinajstić information content (AvgIpc) is 3.30. The van der Waals surface area contributed by atoms with Crippen molar-refractivity contribution in [2.45, 2.75) is 309 Å².